The highest BCUT2D eigenvalue weighted by Gasteiger charge is 2.62. The maximum absolute atomic E-state index is 2.70. The molecule has 15 rings (SSSR count). The van der Waals surface area contributed by atoms with Crippen LogP contribution in [0.2, 0.25) is 0 Å². The van der Waals surface area contributed by atoms with E-state index >= 15 is 0 Å². The van der Waals surface area contributed by atoms with Crippen molar-refractivity contribution in [3.05, 3.63) is 273 Å². The number of rotatable bonds is 5. The van der Waals surface area contributed by atoms with E-state index < -0.39 is 0 Å². The molecule has 0 amide bonds. The summed E-state index contributed by atoms with van der Waals surface area (Å²) in [6.45, 7) is 5.98. The first-order valence-corrected chi connectivity index (χ1v) is 26.7. The van der Waals surface area contributed by atoms with Gasteiger partial charge in [0, 0.05) is 57.7 Å². The zero-order valence-electron chi connectivity index (χ0n) is 41.4. The molecule has 0 aromatic heterocycles. The average Bonchev–Trinajstić information content (AvgIpc) is 3.99. The van der Waals surface area contributed by atoms with Crippen LogP contribution in [0.4, 0.5) is 22.7 Å². The lowest BCUT2D eigenvalue weighted by molar-refractivity contribution is 0.339. The van der Waals surface area contributed by atoms with E-state index in [1.807, 2.05) is 0 Å². The minimum atomic E-state index is -0.166. The van der Waals surface area contributed by atoms with Gasteiger partial charge in [0.05, 0.1) is 17.1 Å². The molecular weight excluding hydrogens is 871 g/mol. The molecule has 0 saturated heterocycles. The van der Waals surface area contributed by atoms with Crippen molar-refractivity contribution in [1.82, 2.24) is 0 Å². The predicted molar refractivity (Wildman–Crippen MR) is 299 cm³/mol. The van der Waals surface area contributed by atoms with Gasteiger partial charge in [-0.3, -0.25) is 0 Å². The van der Waals surface area contributed by atoms with Crippen molar-refractivity contribution in [2.45, 2.75) is 69.6 Å². The number of allylic oxidation sites excluding steroid dienone is 15. The molecule has 0 N–H and O–H groups in total. The predicted octanol–water partition coefficient (Wildman–Crippen LogP) is 16.6. The van der Waals surface area contributed by atoms with E-state index in [4.69, 9.17) is 0 Å². The number of fused-ring (bicyclic) bond motifs is 14. The fraction of sp³-hybridized carbons (Fsp3) is 0.217. The van der Waals surface area contributed by atoms with Crippen molar-refractivity contribution in [2.75, 3.05) is 21.2 Å². The summed E-state index contributed by atoms with van der Waals surface area (Å²) >= 11 is 0. The van der Waals surface area contributed by atoms with Crippen LogP contribution < -0.4 is 14.7 Å². The number of anilines is 4. The van der Waals surface area contributed by atoms with Gasteiger partial charge >= 0.3 is 0 Å². The van der Waals surface area contributed by atoms with E-state index in [0.717, 1.165) is 45.1 Å². The van der Waals surface area contributed by atoms with Crippen LogP contribution in [0.25, 0.3) is 22.8 Å². The molecule has 9 aliphatic rings. The Morgan fingerprint density at radius 2 is 1.36 bits per heavy atom. The zero-order chi connectivity index (χ0) is 47.7. The molecule has 6 aromatic carbocycles. The highest BCUT2D eigenvalue weighted by atomic mass is 15.3. The molecule has 0 radical (unpaired) electrons. The number of hydrogen-bond donors (Lipinski definition) is 0. The Morgan fingerprint density at radius 3 is 2.18 bits per heavy atom. The first-order valence-electron chi connectivity index (χ1n) is 26.7. The van der Waals surface area contributed by atoms with Crippen LogP contribution in [0.5, 0.6) is 0 Å². The van der Waals surface area contributed by atoms with E-state index in [2.05, 4.69) is 235 Å². The molecular formula is C69H59N3. The average molecular weight is 930 g/mol. The van der Waals surface area contributed by atoms with Gasteiger partial charge in [-0.2, -0.15) is 0 Å². The van der Waals surface area contributed by atoms with Gasteiger partial charge in [0.2, 0.25) is 0 Å². The van der Waals surface area contributed by atoms with Crippen LogP contribution in [0, 0.1) is 17.8 Å². The minimum Gasteiger partial charge on any atom is -0.342 e. The Kier molecular flexibility index (Phi) is 9.32. The molecule has 2 heterocycles. The van der Waals surface area contributed by atoms with E-state index in [1.54, 1.807) is 5.57 Å². The second-order valence-corrected chi connectivity index (χ2v) is 22.1. The molecule has 3 heteroatoms. The third-order valence-electron chi connectivity index (χ3n) is 18.2. The summed E-state index contributed by atoms with van der Waals surface area (Å²) in [5, 5.41) is 0. The summed E-state index contributed by atoms with van der Waals surface area (Å²) in [5.74, 6) is 0.999. The van der Waals surface area contributed by atoms with Gasteiger partial charge in [0.1, 0.15) is 0 Å². The maximum atomic E-state index is 2.70. The highest BCUT2D eigenvalue weighted by Crippen LogP contribution is 2.68. The Labute approximate surface area is 425 Å². The molecule has 3 unspecified atom stereocenters. The standard InChI is InChI=1S/C69H59N3/c1-68(2)59-41-45(32-36-53(59)54-39-35-50(44-60(54)68)72-66-28-14-12-26-64(66)71(48-19-4-3-5-20-48)65-27-13-15-29-67(65)72)30-31-46-33-37-55-56-38-34-49(70-40-16-18-47-17-6-11-25-63(47)70)43-62(56)69(61(55)42-46)57-23-9-7-21-51(57)52-22-8-10-24-58(52)69/h3-14,17,19-28,30-34,36-38,41,43-44,56,61-62H,15-16,18,29,35,39-40,42H2,1-2H3/b31-30+. The van der Waals surface area contributed by atoms with Crippen molar-refractivity contribution in [3.63, 3.8) is 0 Å². The van der Waals surface area contributed by atoms with Crippen molar-refractivity contribution >= 4 is 34.4 Å². The minimum absolute atomic E-state index is 0.122. The molecule has 350 valence electrons. The van der Waals surface area contributed by atoms with Gasteiger partial charge < -0.3 is 14.7 Å². The fourth-order valence-electron chi connectivity index (χ4n) is 15.2. The molecule has 72 heavy (non-hydrogen) atoms. The molecule has 1 saturated carbocycles. The zero-order valence-corrected chi connectivity index (χ0v) is 41.4. The summed E-state index contributed by atoms with van der Waals surface area (Å²) in [6, 6.07) is 55.1. The van der Waals surface area contributed by atoms with Gasteiger partial charge in [0.25, 0.3) is 0 Å². The van der Waals surface area contributed by atoms with E-state index in [1.165, 1.54) is 113 Å². The lowest BCUT2D eigenvalue weighted by Gasteiger charge is -2.44. The summed E-state index contributed by atoms with van der Waals surface area (Å²) in [5.41, 5.74) is 27.7. The third-order valence-corrected chi connectivity index (χ3v) is 18.2. The van der Waals surface area contributed by atoms with Crippen LogP contribution in [0.3, 0.4) is 0 Å². The second kappa shape index (κ2) is 15.9. The lowest BCUT2D eigenvalue weighted by atomic mass is 9.62. The van der Waals surface area contributed by atoms with Crippen LogP contribution in [0.1, 0.15) is 85.8 Å². The van der Waals surface area contributed by atoms with Crippen LogP contribution in [0.15, 0.2) is 240 Å². The normalized spacial score (nSPS) is 23.3. The van der Waals surface area contributed by atoms with Crippen molar-refractivity contribution in [2.24, 2.45) is 17.8 Å². The SMILES string of the molecule is CC1(C)C2=C(CCC(N3C4=C(C=CCC4)N(c4ccccc4)c4ccccc43)=C2)c2ccc(/C=C/C3=CC=C4C5C=CC(N6CCCc7ccccc76)=CC5C5(c6ccccc6-c6ccccc65)C4C3)cc21. The van der Waals surface area contributed by atoms with Crippen LogP contribution in [-0.4, -0.2) is 6.54 Å². The molecule has 6 aromatic rings. The summed E-state index contributed by atoms with van der Waals surface area (Å²) < 4.78 is 0. The van der Waals surface area contributed by atoms with Crippen LogP contribution in [-0.2, 0) is 17.3 Å². The number of benzene rings is 6. The van der Waals surface area contributed by atoms with Crippen molar-refractivity contribution in [3.8, 4) is 11.1 Å². The van der Waals surface area contributed by atoms with Crippen molar-refractivity contribution in [1.29, 1.82) is 0 Å². The van der Waals surface area contributed by atoms with Gasteiger partial charge in [0.15, 0.2) is 0 Å². The number of aryl methyl sites for hydroxylation is 1. The third kappa shape index (κ3) is 5.97. The topological polar surface area (TPSA) is 9.72 Å². The van der Waals surface area contributed by atoms with Gasteiger partial charge in [-0.1, -0.05) is 177 Å². The van der Waals surface area contributed by atoms with Gasteiger partial charge in [-0.25, -0.2) is 0 Å². The monoisotopic (exact) mass is 929 g/mol. The lowest BCUT2D eigenvalue weighted by Crippen LogP contribution is -2.39. The number of nitrogens with zero attached hydrogens (tertiary/aromatic N) is 3. The Morgan fingerprint density at radius 1 is 0.625 bits per heavy atom. The smallest absolute Gasteiger partial charge is 0.0703 e. The van der Waals surface area contributed by atoms with Gasteiger partial charge in [-0.05, 0) is 161 Å². The summed E-state index contributed by atoms with van der Waals surface area (Å²) in [7, 11) is 0. The number of hydrogen-bond acceptors (Lipinski definition) is 3. The Bertz CT molecular complexity index is 3550. The summed E-state index contributed by atoms with van der Waals surface area (Å²) in [4.78, 5) is 7.72. The molecule has 3 nitrogen and oxygen atoms in total. The van der Waals surface area contributed by atoms with E-state index in [0.29, 0.717) is 17.8 Å². The highest BCUT2D eigenvalue weighted by molar-refractivity contribution is 5.90. The maximum Gasteiger partial charge on any atom is 0.0703 e. The van der Waals surface area contributed by atoms with E-state index in [-0.39, 0.29) is 10.8 Å². The fourth-order valence-corrected chi connectivity index (χ4v) is 15.2. The molecule has 7 aliphatic carbocycles. The van der Waals surface area contributed by atoms with E-state index in [9.17, 15) is 0 Å². The van der Waals surface area contributed by atoms with Crippen molar-refractivity contribution < 1.29 is 0 Å². The molecule has 3 atom stereocenters. The second-order valence-electron chi connectivity index (χ2n) is 22.1. The largest absolute Gasteiger partial charge is 0.342 e. The quantitative estimate of drug-likeness (QED) is 0.171. The first-order chi connectivity index (χ1) is 35.5. The molecule has 1 spiro atoms. The summed E-state index contributed by atoms with van der Waals surface area (Å²) in [6.07, 6.45) is 32.3. The first kappa shape index (κ1) is 42.1. The Hall–Kier alpha value is -7.62. The number of para-hydroxylation sites is 4. The molecule has 0 bridgehead atoms. The Balaban J connectivity index is 0.756. The molecule has 1 fully saturated rings. The van der Waals surface area contributed by atoms with Crippen LogP contribution >= 0.6 is 0 Å². The van der Waals surface area contributed by atoms with Gasteiger partial charge in [-0.15, -0.1) is 0 Å². The molecule has 2 aliphatic heterocycles.